The molecule has 0 radical (unpaired) electrons. The summed E-state index contributed by atoms with van der Waals surface area (Å²) in [5.74, 6) is 0. The van der Waals surface area contributed by atoms with Gasteiger partial charge in [0.15, 0.2) is 0 Å². The number of nitrogen functional groups attached to an aromatic ring is 1. The molecule has 0 aromatic heterocycles. The molecule has 0 saturated heterocycles. The van der Waals surface area contributed by atoms with E-state index in [1.807, 2.05) is 0 Å². The Labute approximate surface area is 124 Å². The van der Waals surface area contributed by atoms with Crippen molar-refractivity contribution in [1.29, 1.82) is 0 Å². The van der Waals surface area contributed by atoms with Gasteiger partial charge in [0, 0.05) is 28.9 Å². The molecular formula is C13H9Cl2N3O2. The normalized spacial score (nSPS) is 10.9. The fourth-order valence-electron chi connectivity index (χ4n) is 1.50. The van der Waals surface area contributed by atoms with Crippen molar-refractivity contribution in [3.05, 3.63) is 62.1 Å². The minimum absolute atomic E-state index is 0.0754. The van der Waals surface area contributed by atoms with Crippen LogP contribution in [0.3, 0.4) is 0 Å². The fraction of sp³-hybridized carbons (Fsp3) is 0. The molecule has 2 aromatic rings. The summed E-state index contributed by atoms with van der Waals surface area (Å²) < 4.78 is 0. The van der Waals surface area contributed by atoms with Crippen molar-refractivity contribution in [3.8, 4) is 0 Å². The maximum Gasteiger partial charge on any atom is 0.271 e. The van der Waals surface area contributed by atoms with E-state index in [9.17, 15) is 10.1 Å². The Morgan fingerprint density at radius 3 is 2.60 bits per heavy atom. The third kappa shape index (κ3) is 3.26. The third-order valence-electron chi connectivity index (χ3n) is 2.53. The van der Waals surface area contributed by atoms with E-state index < -0.39 is 4.92 Å². The van der Waals surface area contributed by atoms with Crippen LogP contribution in [0, 0.1) is 10.1 Å². The first kappa shape index (κ1) is 14.3. The van der Waals surface area contributed by atoms with Crippen LogP contribution < -0.4 is 5.73 Å². The molecular weight excluding hydrogens is 301 g/mol. The number of nitro benzene ring substituents is 1. The molecule has 20 heavy (non-hydrogen) atoms. The van der Waals surface area contributed by atoms with Crippen molar-refractivity contribution in [1.82, 2.24) is 0 Å². The van der Waals surface area contributed by atoms with Gasteiger partial charge in [0.25, 0.3) is 5.69 Å². The molecule has 0 heterocycles. The number of nitro groups is 1. The summed E-state index contributed by atoms with van der Waals surface area (Å²) in [6.07, 6.45) is 1.48. The van der Waals surface area contributed by atoms with Crippen molar-refractivity contribution < 1.29 is 4.92 Å². The Balaban J connectivity index is 2.35. The zero-order valence-electron chi connectivity index (χ0n) is 10.1. The average molecular weight is 310 g/mol. The number of nitrogens with zero attached hydrogens (tertiary/aromatic N) is 2. The van der Waals surface area contributed by atoms with Crippen LogP contribution in [0.4, 0.5) is 17.1 Å². The molecule has 0 bridgehead atoms. The van der Waals surface area contributed by atoms with Crippen LogP contribution in [0.1, 0.15) is 5.56 Å². The van der Waals surface area contributed by atoms with Gasteiger partial charge in [-0.1, -0.05) is 29.3 Å². The van der Waals surface area contributed by atoms with Crippen LogP contribution in [0.2, 0.25) is 10.0 Å². The number of hydrogen-bond acceptors (Lipinski definition) is 4. The SMILES string of the molecule is Nc1ccc([N+](=O)[O-])cc1N=Cc1ccc(Cl)cc1Cl. The molecule has 0 aliphatic rings. The van der Waals surface area contributed by atoms with Gasteiger partial charge < -0.3 is 5.73 Å². The summed E-state index contributed by atoms with van der Waals surface area (Å²) in [6.45, 7) is 0. The van der Waals surface area contributed by atoms with Gasteiger partial charge >= 0.3 is 0 Å². The summed E-state index contributed by atoms with van der Waals surface area (Å²) in [5.41, 5.74) is 6.95. The van der Waals surface area contributed by atoms with E-state index in [-0.39, 0.29) is 5.69 Å². The van der Waals surface area contributed by atoms with Crippen LogP contribution in [0.15, 0.2) is 41.4 Å². The summed E-state index contributed by atoms with van der Waals surface area (Å²) in [4.78, 5) is 14.3. The smallest absolute Gasteiger partial charge is 0.271 e. The highest BCUT2D eigenvalue weighted by atomic mass is 35.5. The lowest BCUT2D eigenvalue weighted by Crippen LogP contribution is -1.91. The van der Waals surface area contributed by atoms with Gasteiger partial charge in [0.05, 0.1) is 21.3 Å². The Bertz CT molecular complexity index is 702. The lowest BCUT2D eigenvalue weighted by molar-refractivity contribution is -0.384. The van der Waals surface area contributed by atoms with Crippen LogP contribution in [0.25, 0.3) is 0 Å². The largest absolute Gasteiger partial charge is 0.397 e. The molecule has 0 spiro atoms. The zero-order valence-corrected chi connectivity index (χ0v) is 11.6. The molecule has 0 saturated carbocycles. The van der Waals surface area contributed by atoms with Crippen molar-refractivity contribution in [2.24, 2.45) is 4.99 Å². The maximum absolute atomic E-state index is 10.7. The standard InChI is InChI=1S/C13H9Cl2N3O2/c14-9-2-1-8(11(15)5-9)7-17-13-6-10(18(19)20)3-4-12(13)16/h1-7H,16H2. The second kappa shape index (κ2) is 5.90. The number of non-ortho nitro benzene ring substituents is 1. The molecule has 0 aliphatic heterocycles. The lowest BCUT2D eigenvalue weighted by atomic mass is 10.2. The average Bonchev–Trinajstić information content (AvgIpc) is 2.39. The molecule has 102 valence electrons. The van der Waals surface area contributed by atoms with Crippen LogP contribution >= 0.6 is 23.2 Å². The number of anilines is 1. The summed E-state index contributed by atoms with van der Waals surface area (Å²) in [5, 5.41) is 11.7. The third-order valence-corrected chi connectivity index (χ3v) is 3.09. The molecule has 5 nitrogen and oxygen atoms in total. The molecule has 0 atom stereocenters. The van der Waals surface area contributed by atoms with Crippen LogP contribution in [0.5, 0.6) is 0 Å². The molecule has 0 amide bonds. The number of benzene rings is 2. The zero-order chi connectivity index (χ0) is 14.7. The van der Waals surface area contributed by atoms with Crippen molar-refractivity contribution >= 4 is 46.5 Å². The van der Waals surface area contributed by atoms with Gasteiger partial charge in [-0.3, -0.25) is 15.1 Å². The van der Waals surface area contributed by atoms with Crippen molar-refractivity contribution in [3.63, 3.8) is 0 Å². The monoisotopic (exact) mass is 309 g/mol. The Hall–Kier alpha value is -2.11. The van der Waals surface area contributed by atoms with Gasteiger partial charge in [-0.05, 0) is 18.2 Å². The van der Waals surface area contributed by atoms with Crippen LogP contribution in [-0.2, 0) is 0 Å². The lowest BCUT2D eigenvalue weighted by Gasteiger charge is -2.01. The van der Waals surface area contributed by atoms with E-state index in [0.29, 0.717) is 27.0 Å². The van der Waals surface area contributed by atoms with E-state index in [2.05, 4.69) is 4.99 Å². The first-order chi connectivity index (χ1) is 9.47. The predicted octanol–water partition coefficient (Wildman–Crippen LogP) is 4.23. The van der Waals surface area contributed by atoms with E-state index >= 15 is 0 Å². The quantitative estimate of drug-likeness (QED) is 0.398. The minimum atomic E-state index is -0.506. The molecule has 2 aromatic carbocycles. The van der Waals surface area contributed by atoms with E-state index in [0.717, 1.165) is 0 Å². The molecule has 2 rings (SSSR count). The van der Waals surface area contributed by atoms with Crippen LogP contribution in [-0.4, -0.2) is 11.1 Å². The number of rotatable bonds is 3. The molecule has 0 unspecified atom stereocenters. The topological polar surface area (TPSA) is 81.5 Å². The molecule has 0 fully saturated rings. The first-order valence-corrected chi connectivity index (χ1v) is 6.26. The van der Waals surface area contributed by atoms with Gasteiger partial charge in [-0.25, -0.2) is 0 Å². The fourth-order valence-corrected chi connectivity index (χ4v) is 1.96. The molecule has 2 N–H and O–H groups in total. The maximum atomic E-state index is 10.7. The molecule has 0 aliphatic carbocycles. The Kier molecular flexibility index (Phi) is 4.22. The number of halogens is 2. The predicted molar refractivity (Wildman–Crippen MR) is 81.2 cm³/mol. The van der Waals surface area contributed by atoms with Gasteiger partial charge in [0.2, 0.25) is 0 Å². The second-order valence-electron chi connectivity index (χ2n) is 3.92. The van der Waals surface area contributed by atoms with E-state index in [1.165, 1.54) is 24.4 Å². The second-order valence-corrected chi connectivity index (χ2v) is 4.77. The summed E-state index contributed by atoms with van der Waals surface area (Å²) in [7, 11) is 0. The van der Waals surface area contributed by atoms with E-state index in [4.69, 9.17) is 28.9 Å². The molecule has 7 heteroatoms. The summed E-state index contributed by atoms with van der Waals surface area (Å²) >= 11 is 11.8. The first-order valence-electron chi connectivity index (χ1n) is 5.50. The highest BCUT2D eigenvalue weighted by molar-refractivity contribution is 6.36. The number of nitrogens with two attached hydrogens (primary N) is 1. The highest BCUT2D eigenvalue weighted by Crippen LogP contribution is 2.27. The van der Waals surface area contributed by atoms with Gasteiger partial charge in [-0.15, -0.1) is 0 Å². The van der Waals surface area contributed by atoms with E-state index in [1.54, 1.807) is 18.2 Å². The number of hydrogen-bond donors (Lipinski definition) is 1. The Morgan fingerprint density at radius 2 is 1.95 bits per heavy atom. The summed E-state index contributed by atoms with van der Waals surface area (Å²) in [6, 6.07) is 9.02. The van der Waals surface area contributed by atoms with Gasteiger partial charge in [-0.2, -0.15) is 0 Å². The van der Waals surface area contributed by atoms with Crippen molar-refractivity contribution in [2.45, 2.75) is 0 Å². The highest BCUT2D eigenvalue weighted by Gasteiger charge is 2.08. The Morgan fingerprint density at radius 1 is 1.20 bits per heavy atom. The minimum Gasteiger partial charge on any atom is -0.397 e. The van der Waals surface area contributed by atoms with Gasteiger partial charge in [0.1, 0.15) is 0 Å². The van der Waals surface area contributed by atoms with Crippen molar-refractivity contribution in [2.75, 3.05) is 5.73 Å². The number of aliphatic imine (C=N–C) groups is 1.